The Labute approximate surface area is 148 Å². The Hall–Kier alpha value is -2.99. The third kappa shape index (κ3) is 3.92. The van der Waals surface area contributed by atoms with Crippen LogP contribution in [0.25, 0.3) is 6.08 Å². The molecule has 0 fully saturated rings. The summed E-state index contributed by atoms with van der Waals surface area (Å²) in [6, 6.07) is 9.85. The first kappa shape index (κ1) is 16.9. The van der Waals surface area contributed by atoms with Gasteiger partial charge in [-0.3, -0.25) is 4.79 Å². The van der Waals surface area contributed by atoms with Crippen molar-refractivity contribution in [3.63, 3.8) is 0 Å². The lowest BCUT2D eigenvalue weighted by atomic mass is 10.2. The van der Waals surface area contributed by atoms with Crippen LogP contribution < -0.4 is 14.8 Å². The van der Waals surface area contributed by atoms with E-state index in [4.69, 9.17) is 21.1 Å². The number of anilines is 1. The van der Waals surface area contributed by atoms with E-state index in [0.717, 1.165) is 5.56 Å². The molecule has 2 aromatic carbocycles. The van der Waals surface area contributed by atoms with Gasteiger partial charge in [0.2, 0.25) is 12.7 Å². The molecule has 1 aliphatic rings. The van der Waals surface area contributed by atoms with Crippen LogP contribution in [-0.2, 0) is 9.53 Å². The van der Waals surface area contributed by atoms with E-state index >= 15 is 0 Å². The molecule has 1 aliphatic heterocycles. The Balaban J connectivity index is 1.71. The molecule has 0 unspecified atom stereocenters. The first-order valence-electron chi connectivity index (χ1n) is 7.33. The van der Waals surface area contributed by atoms with Gasteiger partial charge in [0.25, 0.3) is 0 Å². The second-order valence-corrected chi connectivity index (χ2v) is 5.53. The molecule has 2 aromatic rings. The van der Waals surface area contributed by atoms with E-state index in [1.54, 1.807) is 18.2 Å². The van der Waals surface area contributed by atoms with Crippen molar-refractivity contribution in [2.45, 2.75) is 0 Å². The summed E-state index contributed by atoms with van der Waals surface area (Å²) in [5.74, 6) is 0.411. The molecule has 1 N–H and O–H groups in total. The molecular weight excluding hydrogens is 346 g/mol. The maximum Gasteiger partial charge on any atom is 0.337 e. The zero-order chi connectivity index (χ0) is 17.8. The molecule has 1 amide bonds. The minimum absolute atomic E-state index is 0.192. The fraction of sp³-hybridized carbons (Fsp3) is 0.111. The van der Waals surface area contributed by atoms with Crippen LogP contribution in [0.5, 0.6) is 11.5 Å². The zero-order valence-corrected chi connectivity index (χ0v) is 14.0. The summed E-state index contributed by atoms with van der Waals surface area (Å²) in [5.41, 5.74) is 1.40. The van der Waals surface area contributed by atoms with Gasteiger partial charge in [-0.15, -0.1) is 0 Å². The van der Waals surface area contributed by atoms with Crippen LogP contribution in [-0.4, -0.2) is 25.8 Å². The van der Waals surface area contributed by atoms with Gasteiger partial charge in [-0.2, -0.15) is 0 Å². The van der Waals surface area contributed by atoms with Crippen molar-refractivity contribution in [3.05, 3.63) is 58.6 Å². The molecule has 0 spiro atoms. The first-order valence-corrected chi connectivity index (χ1v) is 7.71. The molecule has 0 saturated carbocycles. The summed E-state index contributed by atoms with van der Waals surface area (Å²) in [6.07, 6.45) is 2.99. The van der Waals surface area contributed by atoms with Crippen LogP contribution in [0.4, 0.5) is 5.69 Å². The van der Waals surface area contributed by atoms with E-state index < -0.39 is 5.97 Å². The second-order valence-electron chi connectivity index (χ2n) is 5.12. The molecule has 0 radical (unpaired) electrons. The molecule has 7 heteroatoms. The molecule has 0 aromatic heterocycles. The minimum Gasteiger partial charge on any atom is -0.465 e. The molecule has 0 bridgehead atoms. The maximum atomic E-state index is 12.1. The highest BCUT2D eigenvalue weighted by molar-refractivity contribution is 6.34. The topological polar surface area (TPSA) is 73.9 Å². The number of esters is 1. The Kier molecular flexibility index (Phi) is 4.90. The summed E-state index contributed by atoms with van der Waals surface area (Å²) in [6.45, 7) is 0.192. The van der Waals surface area contributed by atoms with Gasteiger partial charge >= 0.3 is 5.97 Å². The molecular formula is C18H14ClNO5. The number of hydrogen-bond acceptors (Lipinski definition) is 5. The van der Waals surface area contributed by atoms with E-state index in [1.165, 1.54) is 31.4 Å². The van der Waals surface area contributed by atoms with Crippen molar-refractivity contribution < 1.29 is 23.8 Å². The number of rotatable bonds is 4. The van der Waals surface area contributed by atoms with Gasteiger partial charge in [0.1, 0.15) is 0 Å². The van der Waals surface area contributed by atoms with Gasteiger partial charge in [0.05, 0.1) is 23.4 Å². The standard InChI is InChI=1S/C18H14ClNO5/c1-23-18(22)12-4-5-13(19)14(9-12)20-17(21)7-3-11-2-6-15-16(8-11)25-10-24-15/h2-9H,10H2,1H3,(H,20,21)/b7-3+. The Morgan fingerprint density at radius 1 is 1.16 bits per heavy atom. The van der Waals surface area contributed by atoms with Gasteiger partial charge < -0.3 is 19.5 Å². The molecule has 6 nitrogen and oxygen atoms in total. The normalized spacial score (nSPS) is 12.2. The summed E-state index contributed by atoms with van der Waals surface area (Å²) in [4.78, 5) is 23.6. The quantitative estimate of drug-likeness (QED) is 0.668. The summed E-state index contributed by atoms with van der Waals surface area (Å²) >= 11 is 6.05. The molecule has 25 heavy (non-hydrogen) atoms. The number of halogens is 1. The number of nitrogens with one attached hydrogen (secondary N) is 1. The fourth-order valence-electron chi connectivity index (χ4n) is 2.23. The van der Waals surface area contributed by atoms with Crippen LogP contribution >= 0.6 is 11.6 Å². The molecule has 0 saturated heterocycles. The molecule has 3 rings (SSSR count). The largest absolute Gasteiger partial charge is 0.465 e. The third-order valence-corrected chi connectivity index (χ3v) is 3.80. The van der Waals surface area contributed by atoms with E-state index in [0.29, 0.717) is 27.8 Å². The number of benzene rings is 2. The van der Waals surface area contributed by atoms with Crippen molar-refractivity contribution in [2.75, 3.05) is 19.2 Å². The number of fused-ring (bicyclic) bond motifs is 1. The van der Waals surface area contributed by atoms with Crippen LogP contribution in [0, 0.1) is 0 Å². The lowest BCUT2D eigenvalue weighted by Crippen LogP contribution is -2.09. The van der Waals surface area contributed by atoms with E-state index in [-0.39, 0.29) is 12.7 Å². The van der Waals surface area contributed by atoms with E-state index in [9.17, 15) is 9.59 Å². The Morgan fingerprint density at radius 3 is 2.76 bits per heavy atom. The van der Waals surface area contributed by atoms with Gasteiger partial charge in [0.15, 0.2) is 11.5 Å². The number of hydrogen-bond donors (Lipinski definition) is 1. The fourth-order valence-corrected chi connectivity index (χ4v) is 2.39. The molecule has 128 valence electrons. The number of ether oxygens (including phenoxy) is 3. The predicted molar refractivity (Wildman–Crippen MR) is 93.0 cm³/mol. The molecule has 1 heterocycles. The van der Waals surface area contributed by atoms with Gasteiger partial charge in [-0.25, -0.2) is 4.79 Å². The van der Waals surface area contributed by atoms with Crippen molar-refractivity contribution in [2.24, 2.45) is 0 Å². The highest BCUT2D eigenvalue weighted by Crippen LogP contribution is 2.32. The molecule has 0 atom stereocenters. The number of methoxy groups -OCH3 is 1. The lowest BCUT2D eigenvalue weighted by Gasteiger charge is -2.07. The minimum atomic E-state index is -0.511. The third-order valence-electron chi connectivity index (χ3n) is 3.47. The average molecular weight is 360 g/mol. The van der Waals surface area contributed by atoms with Crippen LogP contribution in [0.15, 0.2) is 42.5 Å². The van der Waals surface area contributed by atoms with E-state index in [1.807, 2.05) is 6.07 Å². The van der Waals surface area contributed by atoms with Crippen LogP contribution in [0.1, 0.15) is 15.9 Å². The predicted octanol–water partition coefficient (Wildman–Crippen LogP) is 3.51. The maximum absolute atomic E-state index is 12.1. The monoisotopic (exact) mass is 359 g/mol. The number of carbonyl (C=O) groups excluding carboxylic acids is 2. The smallest absolute Gasteiger partial charge is 0.337 e. The zero-order valence-electron chi connectivity index (χ0n) is 13.2. The summed E-state index contributed by atoms with van der Waals surface area (Å²) in [5, 5.41) is 2.95. The van der Waals surface area contributed by atoms with Crippen LogP contribution in [0.3, 0.4) is 0 Å². The van der Waals surface area contributed by atoms with Gasteiger partial charge in [-0.05, 0) is 42.0 Å². The lowest BCUT2D eigenvalue weighted by molar-refractivity contribution is -0.111. The van der Waals surface area contributed by atoms with Crippen molar-refractivity contribution in [1.82, 2.24) is 0 Å². The second kappa shape index (κ2) is 7.27. The average Bonchev–Trinajstić information content (AvgIpc) is 3.09. The van der Waals surface area contributed by atoms with Crippen molar-refractivity contribution in [1.29, 1.82) is 0 Å². The Bertz CT molecular complexity index is 863. The van der Waals surface area contributed by atoms with Crippen LogP contribution in [0.2, 0.25) is 5.02 Å². The highest BCUT2D eigenvalue weighted by atomic mass is 35.5. The number of amides is 1. The first-order chi connectivity index (χ1) is 12.1. The number of carbonyl (C=O) groups is 2. The van der Waals surface area contributed by atoms with Crippen molar-refractivity contribution in [3.8, 4) is 11.5 Å². The van der Waals surface area contributed by atoms with Gasteiger partial charge in [-0.1, -0.05) is 17.7 Å². The van der Waals surface area contributed by atoms with Gasteiger partial charge in [0, 0.05) is 6.08 Å². The highest BCUT2D eigenvalue weighted by Gasteiger charge is 2.13. The Morgan fingerprint density at radius 2 is 1.96 bits per heavy atom. The van der Waals surface area contributed by atoms with E-state index in [2.05, 4.69) is 10.1 Å². The summed E-state index contributed by atoms with van der Waals surface area (Å²) in [7, 11) is 1.28. The molecule has 0 aliphatic carbocycles. The van der Waals surface area contributed by atoms with Crippen molar-refractivity contribution >= 4 is 35.2 Å². The SMILES string of the molecule is COC(=O)c1ccc(Cl)c(NC(=O)/C=C/c2ccc3c(c2)OCO3)c1. The summed E-state index contributed by atoms with van der Waals surface area (Å²) < 4.78 is 15.2.